The standard InChI is InChI=1S/C21H19F2N7O2/c1-10-14(22)3-11(4-15(10)23)29-5-12-13(6-29)17(12)19-26-16(32-27-19)7-30-9-25-20-18(21(30)31)28(2)8-24-20/h3-4,8-9,12-13,17H,5-7H2,1-2H3. The Bertz CT molecular complexity index is 1390. The summed E-state index contributed by atoms with van der Waals surface area (Å²) in [7, 11) is 1.74. The molecule has 2 atom stereocenters. The first-order valence-electron chi connectivity index (χ1n) is 10.3. The zero-order valence-corrected chi connectivity index (χ0v) is 17.4. The molecule has 4 aromatic rings. The zero-order chi connectivity index (χ0) is 22.1. The number of aromatic nitrogens is 6. The predicted octanol–water partition coefficient (Wildman–Crippen LogP) is 2.00. The maximum atomic E-state index is 13.9. The first-order chi connectivity index (χ1) is 15.4. The molecule has 1 aliphatic heterocycles. The highest BCUT2D eigenvalue weighted by atomic mass is 19.1. The predicted molar refractivity (Wildman–Crippen MR) is 109 cm³/mol. The van der Waals surface area contributed by atoms with Crippen molar-refractivity contribution in [2.45, 2.75) is 19.4 Å². The molecule has 1 saturated carbocycles. The summed E-state index contributed by atoms with van der Waals surface area (Å²) in [5.41, 5.74) is 1.16. The van der Waals surface area contributed by atoms with E-state index in [2.05, 4.69) is 20.1 Å². The van der Waals surface area contributed by atoms with Crippen LogP contribution < -0.4 is 10.5 Å². The van der Waals surface area contributed by atoms with Gasteiger partial charge in [0.25, 0.3) is 5.56 Å². The Labute approximate surface area is 180 Å². The van der Waals surface area contributed by atoms with E-state index in [1.54, 1.807) is 17.9 Å². The van der Waals surface area contributed by atoms with E-state index in [1.807, 2.05) is 4.90 Å². The van der Waals surface area contributed by atoms with Gasteiger partial charge in [-0.1, -0.05) is 5.16 Å². The monoisotopic (exact) mass is 439 g/mol. The van der Waals surface area contributed by atoms with Crippen LogP contribution >= 0.6 is 0 Å². The Morgan fingerprint density at radius 1 is 1.12 bits per heavy atom. The minimum Gasteiger partial charge on any atom is -0.371 e. The van der Waals surface area contributed by atoms with E-state index in [0.717, 1.165) is 0 Å². The van der Waals surface area contributed by atoms with Crippen LogP contribution in [-0.2, 0) is 13.6 Å². The van der Waals surface area contributed by atoms with Gasteiger partial charge in [-0.05, 0) is 30.9 Å². The highest BCUT2D eigenvalue weighted by Crippen LogP contribution is 2.58. The van der Waals surface area contributed by atoms with Gasteiger partial charge in [0.15, 0.2) is 17.0 Å². The van der Waals surface area contributed by atoms with Crippen LogP contribution in [0.25, 0.3) is 11.2 Å². The van der Waals surface area contributed by atoms with E-state index >= 15 is 0 Å². The molecule has 3 aromatic heterocycles. The molecule has 6 rings (SSSR count). The molecule has 1 aromatic carbocycles. The van der Waals surface area contributed by atoms with Crippen LogP contribution in [-0.4, -0.2) is 42.3 Å². The molecule has 0 spiro atoms. The molecule has 0 radical (unpaired) electrons. The van der Waals surface area contributed by atoms with Crippen molar-refractivity contribution in [2.75, 3.05) is 18.0 Å². The largest absolute Gasteiger partial charge is 0.371 e. The molecule has 4 heterocycles. The van der Waals surface area contributed by atoms with Gasteiger partial charge in [0, 0.05) is 37.3 Å². The number of hydrogen-bond acceptors (Lipinski definition) is 7. The number of rotatable bonds is 4. The molecule has 0 N–H and O–H groups in total. The summed E-state index contributed by atoms with van der Waals surface area (Å²) in [5, 5.41) is 4.12. The third-order valence-corrected chi connectivity index (χ3v) is 6.61. The van der Waals surface area contributed by atoms with Crippen molar-refractivity contribution in [1.82, 2.24) is 29.2 Å². The molecule has 9 nitrogen and oxygen atoms in total. The van der Waals surface area contributed by atoms with Crippen molar-refractivity contribution in [3.63, 3.8) is 0 Å². The average Bonchev–Trinajstić information content (AvgIpc) is 3.19. The van der Waals surface area contributed by atoms with E-state index in [-0.39, 0.29) is 23.6 Å². The van der Waals surface area contributed by atoms with Crippen molar-refractivity contribution >= 4 is 16.9 Å². The van der Waals surface area contributed by atoms with Gasteiger partial charge in [0.05, 0.1) is 6.33 Å². The van der Waals surface area contributed by atoms with Gasteiger partial charge in [-0.3, -0.25) is 9.36 Å². The van der Waals surface area contributed by atoms with Crippen LogP contribution in [0.4, 0.5) is 14.5 Å². The summed E-state index contributed by atoms with van der Waals surface area (Å²) in [4.78, 5) is 27.4. The van der Waals surface area contributed by atoms with Gasteiger partial charge in [0.2, 0.25) is 5.89 Å². The SMILES string of the molecule is Cc1c(F)cc(N2CC3C(C2)C3c2noc(Cn3cnc4ncn(C)c4c3=O)n2)cc1F. The minimum atomic E-state index is -0.533. The summed E-state index contributed by atoms with van der Waals surface area (Å²) in [6.45, 7) is 2.91. The molecular formula is C21H19F2N7O2. The lowest BCUT2D eigenvalue weighted by molar-refractivity contribution is 0.363. The summed E-state index contributed by atoms with van der Waals surface area (Å²) in [6, 6.07) is 2.77. The molecule has 11 heteroatoms. The van der Waals surface area contributed by atoms with Crippen molar-refractivity contribution in [3.05, 3.63) is 64.1 Å². The van der Waals surface area contributed by atoms with Crippen LogP contribution in [0, 0.1) is 30.4 Å². The number of piperidine rings is 1. The second kappa shape index (κ2) is 6.68. The van der Waals surface area contributed by atoms with E-state index < -0.39 is 11.6 Å². The quantitative estimate of drug-likeness (QED) is 0.480. The number of hydrogen-bond donors (Lipinski definition) is 0. The number of nitrogens with zero attached hydrogens (tertiary/aromatic N) is 7. The van der Waals surface area contributed by atoms with Crippen LogP contribution in [0.15, 0.2) is 34.1 Å². The topological polar surface area (TPSA) is 94.9 Å². The summed E-state index contributed by atoms with van der Waals surface area (Å²) in [5.74, 6) is 0.640. The Kier molecular flexibility index (Phi) is 3.99. The van der Waals surface area contributed by atoms with Gasteiger partial charge in [-0.15, -0.1) is 0 Å². The highest BCUT2D eigenvalue weighted by Gasteiger charge is 2.58. The molecule has 32 heavy (non-hydrogen) atoms. The zero-order valence-electron chi connectivity index (χ0n) is 17.4. The first-order valence-corrected chi connectivity index (χ1v) is 10.3. The lowest BCUT2D eigenvalue weighted by Crippen LogP contribution is -2.24. The third-order valence-electron chi connectivity index (χ3n) is 6.61. The van der Waals surface area contributed by atoms with Gasteiger partial charge in [-0.25, -0.2) is 18.7 Å². The van der Waals surface area contributed by atoms with Gasteiger partial charge < -0.3 is 14.0 Å². The molecule has 2 aliphatic rings. The first kappa shape index (κ1) is 19.1. The number of benzene rings is 1. The van der Waals surface area contributed by atoms with Crippen LogP contribution in [0.1, 0.15) is 23.2 Å². The Morgan fingerprint density at radius 2 is 1.81 bits per heavy atom. The fourth-order valence-corrected chi connectivity index (χ4v) is 4.73. The summed E-state index contributed by atoms with van der Waals surface area (Å²) < 4.78 is 36.3. The number of aryl methyl sites for hydroxylation is 1. The average molecular weight is 439 g/mol. The molecule has 0 amide bonds. The van der Waals surface area contributed by atoms with Crippen LogP contribution in [0.5, 0.6) is 0 Å². The van der Waals surface area contributed by atoms with Crippen molar-refractivity contribution in [1.29, 1.82) is 0 Å². The van der Waals surface area contributed by atoms with E-state index in [0.29, 0.717) is 53.5 Å². The van der Waals surface area contributed by atoms with Gasteiger partial charge in [-0.2, -0.15) is 4.98 Å². The normalized spacial score (nSPS) is 22.0. The van der Waals surface area contributed by atoms with Gasteiger partial charge in [0.1, 0.15) is 24.5 Å². The molecule has 2 fully saturated rings. The van der Waals surface area contributed by atoms with Crippen LogP contribution in [0.3, 0.4) is 0 Å². The smallest absolute Gasteiger partial charge is 0.280 e. The van der Waals surface area contributed by atoms with E-state index in [1.165, 1.54) is 30.0 Å². The third kappa shape index (κ3) is 2.84. The minimum absolute atomic E-state index is 0.0344. The fraction of sp³-hybridized carbons (Fsp3) is 0.381. The molecule has 2 unspecified atom stereocenters. The Morgan fingerprint density at radius 3 is 2.53 bits per heavy atom. The maximum absolute atomic E-state index is 13.9. The Hall–Kier alpha value is -3.63. The second-order valence-corrected chi connectivity index (χ2v) is 8.54. The summed E-state index contributed by atoms with van der Waals surface area (Å²) in [6.07, 6.45) is 2.97. The number of fused-ring (bicyclic) bond motifs is 2. The lowest BCUT2D eigenvalue weighted by Gasteiger charge is -2.22. The van der Waals surface area contributed by atoms with Crippen molar-refractivity contribution in [2.24, 2.45) is 18.9 Å². The van der Waals surface area contributed by atoms with E-state index in [9.17, 15) is 13.6 Å². The molecule has 0 bridgehead atoms. The number of halogens is 2. The number of imidazole rings is 1. The molecule has 1 aliphatic carbocycles. The molecular weight excluding hydrogens is 420 g/mol. The second-order valence-electron chi connectivity index (χ2n) is 8.54. The highest BCUT2D eigenvalue weighted by molar-refractivity contribution is 5.68. The number of anilines is 1. The van der Waals surface area contributed by atoms with E-state index in [4.69, 9.17) is 4.52 Å². The Balaban J connectivity index is 1.16. The van der Waals surface area contributed by atoms with Crippen molar-refractivity contribution < 1.29 is 13.3 Å². The van der Waals surface area contributed by atoms with Gasteiger partial charge >= 0.3 is 0 Å². The fourth-order valence-electron chi connectivity index (χ4n) is 4.73. The summed E-state index contributed by atoms with van der Waals surface area (Å²) >= 11 is 0. The van der Waals surface area contributed by atoms with Crippen molar-refractivity contribution in [3.8, 4) is 0 Å². The maximum Gasteiger partial charge on any atom is 0.280 e. The van der Waals surface area contributed by atoms with Crippen LogP contribution in [0.2, 0.25) is 0 Å². The lowest BCUT2D eigenvalue weighted by atomic mass is 10.1. The molecule has 164 valence electrons. The molecule has 1 saturated heterocycles.